The number of methoxy groups -OCH3 is 1. The number of carbonyl (C=O) groups excluding carboxylic acids is 1. The van der Waals surface area contributed by atoms with Crippen molar-refractivity contribution in [2.45, 2.75) is 26.7 Å². The zero-order chi connectivity index (χ0) is 32.5. The molecule has 6 N–H and O–H groups in total. The molecule has 0 saturated carbocycles. The van der Waals surface area contributed by atoms with Crippen molar-refractivity contribution >= 4 is 56.2 Å². The summed E-state index contributed by atoms with van der Waals surface area (Å²) in [5.41, 5.74) is 0.960. The maximum Gasteiger partial charge on any atom is 0.320 e. The lowest BCUT2D eigenvalue weighted by Gasteiger charge is -2.32. The number of phenolic OH excluding ortho intramolecular Hbond substituents is 5. The average Bonchev–Trinajstić information content (AvgIpc) is 3.02. The second kappa shape index (κ2) is 10.9. The second-order valence-electron chi connectivity index (χ2n) is 11.1. The molecule has 3 aliphatic rings. The van der Waals surface area contributed by atoms with Gasteiger partial charge in [0, 0.05) is 40.7 Å². The predicted molar refractivity (Wildman–Crippen MR) is 165 cm³/mol. The summed E-state index contributed by atoms with van der Waals surface area (Å²) < 4.78 is 11.0. The third-order valence-electron chi connectivity index (χ3n) is 8.79. The van der Waals surface area contributed by atoms with Gasteiger partial charge in [-0.15, -0.1) is 5.11 Å². The fourth-order valence-electron chi connectivity index (χ4n) is 6.48. The molecule has 2 aliphatic carbocycles. The summed E-state index contributed by atoms with van der Waals surface area (Å²) in [4.78, 5) is 28.4. The van der Waals surface area contributed by atoms with Gasteiger partial charge in [0.2, 0.25) is 5.11 Å². The van der Waals surface area contributed by atoms with Gasteiger partial charge in [0.1, 0.15) is 34.5 Å². The Morgan fingerprint density at radius 2 is 1.69 bits per heavy atom. The third-order valence-corrected chi connectivity index (χ3v) is 9.13. The first-order valence-corrected chi connectivity index (χ1v) is 14.5. The van der Waals surface area contributed by atoms with Gasteiger partial charge in [0.05, 0.1) is 42.2 Å². The molecule has 1 aliphatic heterocycles. The highest BCUT2D eigenvalue weighted by Crippen LogP contribution is 2.58. The molecule has 3 aromatic rings. The van der Waals surface area contributed by atoms with Gasteiger partial charge in [0.25, 0.3) is 0 Å². The molecule has 13 nitrogen and oxygen atoms in total. The van der Waals surface area contributed by atoms with E-state index >= 15 is 0 Å². The van der Waals surface area contributed by atoms with Crippen LogP contribution in [0.3, 0.4) is 0 Å². The van der Waals surface area contributed by atoms with Crippen LogP contribution >= 0.6 is 12.2 Å². The molecule has 3 aromatic carbocycles. The highest BCUT2D eigenvalue weighted by Gasteiger charge is 2.44. The van der Waals surface area contributed by atoms with Crippen LogP contribution in [0.1, 0.15) is 30.0 Å². The number of fused-ring (bicyclic) bond motifs is 4. The first kappa shape index (κ1) is 30.1. The standard InChI is InChI=1S/C31H29N3O10S/c1-11-13-4-5-14-18(17(13)27(39)22(30(41)42)23(11)32-33-31(45)34-6-8-44-9-7-34)26(38)20-21(29(14)43-3)28(40)19-15(25(20)37)10-16(35)12(2)24(19)36/h10,22,35-38,40H,4-9H2,1-3H3,(H,41,42). The number of aliphatic carboxylic acids is 1. The topological polar surface area (TPSA) is 202 Å². The van der Waals surface area contributed by atoms with Crippen molar-refractivity contribution in [2.75, 3.05) is 33.4 Å². The number of aromatic hydroxyl groups is 5. The number of carboxylic acids is 1. The lowest BCUT2D eigenvalue weighted by Crippen LogP contribution is -2.39. The smallest absolute Gasteiger partial charge is 0.320 e. The van der Waals surface area contributed by atoms with Gasteiger partial charge in [-0.2, -0.15) is 5.11 Å². The highest BCUT2D eigenvalue weighted by molar-refractivity contribution is 7.80. The van der Waals surface area contributed by atoms with E-state index in [1.54, 1.807) is 11.8 Å². The molecule has 1 unspecified atom stereocenters. The average molecular weight is 636 g/mol. The molecular formula is C31H29N3O10S. The summed E-state index contributed by atoms with van der Waals surface area (Å²) in [6, 6.07) is 1.13. The van der Waals surface area contributed by atoms with Gasteiger partial charge in [-0.1, -0.05) is 0 Å². The van der Waals surface area contributed by atoms with E-state index in [1.807, 2.05) is 0 Å². The normalized spacial score (nSPS) is 18.6. The van der Waals surface area contributed by atoms with E-state index < -0.39 is 40.7 Å². The van der Waals surface area contributed by atoms with Crippen molar-refractivity contribution in [3.8, 4) is 34.5 Å². The number of allylic oxidation sites excluding steroid dienone is 3. The van der Waals surface area contributed by atoms with E-state index in [0.29, 0.717) is 43.0 Å². The van der Waals surface area contributed by atoms with Gasteiger partial charge in [0.15, 0.2) is 11.7 Å². The van der Waals surface area contributed by atoms with Crippen molar-refractivity contribution in [3.63, 3.8) is 0 Å². The number of morpholine rings is 1. The van der Waals surface area contributed by atoms with Gasteiger partial charge < -0.3 is 45.0 Å². The lowest BCUT2D eigenvalue weighted by atomic mass is 9.72. The van der Waals surface area contributed by atoms with E-state index in [4.69, 9.17) is 21.7 Å². The van der Waals surface area contributed by atoms with Gasteiger partial charge in [-0.25, -0.2) is 0 Å². The van der Waals surface area contributed by atoms with Crippen LogP contribution in [0.15, 0.2) is 33.1 Å². The molecule has 0 bridgehead atoms. The highest BCUT2D eigenvalue weighted by atomic mass is 32.1. The first-order chi connectivity index (χ1) is 21.4. The van der Waals surface area contributed by atoms with E-state index in [0.717, 1.165) is 6.07 Å². The van der Waals surface area contributed by atoms with Gasteiger partial charge in [-0.05, 0) is 56.1 Å². The van der Waals surface area contributed by atoms with Crippen molar-refractivity contribution in [3.05, 3.63) is 39.6 Å². The number of hydrogen-bond acceptors (Lipinski definition) is 11. The Hall–Kier alpha value is -4.95. The number of phenols is 5. The van der Waals surface area contributed by atoms with Crippen molar-refractivity contribution < 1.29 is 49.7 Å². The number of carboxylic acid groups (broad SMARTS) is 1. The molecule has 6 rings (SSSR count). The van der Waals surface area contributed by atoms with Crippen LogP contribution < -0.4 is 4.74 Å². The summed E-state index contributed by atoms with van der Waals surface area (Å²) in [6.45, 7) is 4.94. The molecule has 14 heteroatoms. The maximum atomic E-state index is 14.1. The Balaban J connectivity index is 1.62. The van der Waals surface area contributed by atoms with Crippen LogP contribution in [0, 0.1) is 12.8 Å². The molecule has 0 spiro atoms. The summed E-state index contributed by atoms with van der Waals surface area (Å²) in [6.07, 6.45) is 0.414. The molecule has 0 radical (unpaired) electrons. The molecule has 1 fully saturated rings. The first-order valence-electron chi connectivity index (χ1n) is 14.0. The molecular weight excluding hydrogens is 606 g/mol. The number of thiocarbonyl (C=S) groups is 1. The van der Waals surface area contributed by atoms with Gasteiger partial charge in [-0.3, -0.25) is 9.59 Å². The zero-order valence-electron chi connectivity index (χ0n) is 24.5. The van der Waals surface area contributed by atoms with Crippen LogP contribution in [0.25, 0.3) is 27.1 Å². The molecule has 234 valence electrons. The van der Waals surface area contributed by atoms with Crippen LogP contribution in [0.2, 0.25) is 0 Å². The molecule has 0 amide bonds. The molecule has 0 aromatic heterocycles. The van der Waals surface area contributed by atoms with E-state index in [9.17, 15) is 40.2 Å². The quantitative estimate of drug-likeness (QED) is 0.0790. The van der Waals surface area contributed by atoms with Crippen LogP contribution in [-0.4, -0.2) is 85.8 Å². The summed E-state index contributed by atoms with van der Waals surface area (Å²) in [7, 11) is 1.31. The van der Waals surface area contributed by atoms with E-state index in [-0.39, 0.29) is 73.4 Å². The van der Waals surface area contributed by atoms with Crippen molar-refractivity contribution in [1.29, 1.82) is 0 Å². The Labute approximate surface area is 260 Å². The fourth-order valence-corrected chi connectivity index (χ4v) is 6.71. The number of nitrogens with zero attached hydrogens (tertiary/aromatic N) is 3. The van der Waals surface area contributed by atoms with Crippen molar-refractivity contribution in [1.82, 2.24) is 4.90 Å². The largest absolute Gasteiger partial charge is 0.508 e. The number of rotatable bonds is 3. The molecule has 1 atom stereocenters. The number of hydrogen-bond donors (Lipinski definition) is 6. The number of azo groups is 1. The monoisotopic (exact) mass is 635 g/mol. The summed E-state index contributed by atoms with van der Waals surface area (Å²) in [5, 5.41) is 73.5. The Morgan fingerprint density at radius 1 is 1.00 bits per heavy atom. The minimum absolute atomic E-state index is 0.0202. The Bertz CT molecular complexity index is 1970. The van der Waals surface area contributed by atoms with Crippen LogP contribution in [-0.2, 0) is 20.7 Å². The minimum atomic E-state index is -1.78. The van der Waals surface area contributed by atoms with Crippen molar-refractivity contribution in [2.24, 2.45) is 16.1 Å². The SMILES string of the molecule is COc1c2c(c(O)c3c(O)c4cc(O)c(C)c(O)c4c(O)c13)C1=C(CC2)C(C)=C(N=NC(=S)N2CCOCC2)C(C(=O)O)C1=O. The number of ether oxygens (including phenoxy) is 2. The van der Waals surface area contributed by atoms with Gasteiger partial charge >= 0.3 is 5.97 Å². The van der Waals surface area contributed by atoms with Crippen LogP contribution in [0.5, 0.6) is 34.5 Å². The lowest BCUT2D eigenvalue weighted by molar-refractivity contribution is -0.143. The predicted octanol–water partition coefficient (Wildman–Crippen LogP) is 4.16. The fraction of sp³-hybridized carbons (Fsp3) is 0.323. The third kappa shape index (κ3) is 4.35. The van der Waals surface area contributed by atoms with E-state index in [2.05, 4.69) is 10.2 Å². The Kier molecular flexibility index (Phi) is 7.28. The second-order valence-corrected chi connectivity index (χ2v) is 11.4. The zero-order valence-corrected chi connectivity index (χ0v) is 25.3. The minimum Gasteiger partial charge on any atom is -0.508 e. The molecule has 1 heterocycles. The molecule has 1 saturated heterocycles. The number of carbonyl (C=O) groups is 2. The number of ketones is 1. The maximum absolute atomic E-state index is 14.1. The number of Topliss-reactive ketones (excluding diaryl/α,β-unsaturated/α-hetero) is 1. The van der Waals surface area contributed by atoms with E-state index in [1.165, 1.54) is 14.0 Å². The Morgan fingerprint density at radius 3 is 2.33 bits per heavy atom. The molecule has 45 heavy (non-hydrogen) atoms. The van der Waals surface area contributed by atoms with Crippen LogP contribution in [0.4, 0.5) is 0 Å². The summed E-state index contributed by atoms with van der Waals surface area (Å²) in [5.74, 6) is -6.68. The number of benzene rings is 3. The summed E-state index contributed by atoms with van der Waals surface area (Å²) >= 11 is 5.37.